The first-order valence-electron chi connectivity index (χ1n) is 9.47. The summed E-state index contributed by atoms with van der Waals surface area (Å²) in [7, 11) is 5.36. The van der Waals surface area contributed by atoms with E-state index in [-0.39, 0.29) is 5.91 Å². The summed E-state index contributed by atoms with van der Waals surface area (Å²) in [4.78, 5) is 19.5. The molecule has 146 valence electrons. The van der Waals surface area contributed by atoms with Gasteiger partial charge in [0.25, 0.3) is 0 Å². The van der Waals surface area contributed by atoms with Crippen molar-refractivity contribution < 1.29 is 14.3 Å². The van der Waals surface area contributed by atoms with Crippen molar-refractivity contribution in [3.05, 3.63) is 41.0 Å². The predicted molar refractivity (Wildman–Crippen MR) is 104 cm³/mol. The smallest absolute Gasteiger partial charge is 0.223 e. The Morgan fingerprint density at radius 3 is 2.70 bits per heavy atom. The molecular formula is C21H29N3O3. The minimum atomic E-state index is 0.155. The molecule has 2 heterocycles. The molecule has 1 aromatic carbocycles. The zero-order valence-electron chi connectivity index (χ0n) is 16.9. The summed E-state index contributed by atoms with van der Waals surface area (Å²) in [6.07, 6.45) is 1.94. The van der Waals surface area contributed by atoms with Crippen molar-refractivity contribution in [1.29, 1.82) is 0 Å². The number of benzene rings is 1. The highest BCUT2D eigenvalue weighted by atomic mass is 16.5. The highest BCUT2D eigenvalue weighted by Gasteiger charge is 2.26. The number of hydrogen-bond acceptors (Lipinski definition) is 4. The van der Waals surface area contributed by atoms with Crippen LogP contribution in [0.1, 0.15) is 49.0 Å². The van der Waals surface area contributed by atoms with E-state index >= 15 is 0 Å². The van der Waals surface area contributed by atoms with Gasteiger partial charge in [0.05, 0.1) is 26.5 Å². The minimum Gasteiger partial charge on any atom is -0.497 e. The van der Waals surface area contributed by atoms with E-state index in [1.54, 1.807) is 14.2 Å². The molecule has 0 spiro atoms. The van der Waals surface area contributed by atoms with Crippen molar-refractivity contribution in [2.45, 2.75) is 45.6 Å². The van der Waals surface area contributed by atoms with Crippen LogP contribution in [0.2, 0.25) is 0 Å². The predicted octanol–water partition coefficient (Wildman–Crippen LogP) is 3.08. The minimum absolute atomic E-state index is 0.155. The topological polar surface area (TPSA) is 56.6 Å². The fourth-order valence-corrected chi connectivity index (χ4v) is 3.76. The quantitative estimate of drug-likeness (QED) is 0.783. The van der Waals surface area contributed by atoms with Gasteiger partial charge >= 0.3 is 0 Å². The normalized spacial score (nSPS) is 13.6. The summed E-state index contributed by atoms with van der Waals surface area (Å²) >= 11 is 0. The average molecular weight is 371 g/mol. The Balaban J connectivity index is 1.67. The molecule has 0 saturated heterocycles. The van der Waals surface area contributed by atoms with Gasteiger partial charge in [0.1, 0.15) is 17.3 Å². The summed E-state index contributed by atoms with van der Waals surface area (Å²) in [5.74, 6) is 3.19. The van der Waals surface area contributed by atoms with Gasteiger partial charge in [-0.2, -0.15) is 0 Å². The molecule has 0 fully saturated rings. The molecule has 0 bridgehead atoms. The van der Waals surface area contributed by atoms with E-state index in [2.05, 4.69) is 25.5 Å². The molecular weight excluding hydrogens is 342 g/mol. The third kappa shape index (κ3) is 3.94. The van der Waals surface area contributed by atoms with Crippen LogP contribution in [0.5, 0.6) is 11.5 Å². The first kappa shape index (κ1) is 19.3. The molecule has 3 rings (SSSR count). The van der Waals surface area contributed by atoms with Crippen LogP contribution in [-0.4, -0.2) is 41.1 Å². The molecule has 0 unspecified atom stereocenters. The second-order valence-electron chi connectivity index (χ2n) is 7.32. The van der Waals surface area contributed by atoms with Crippen LogP contribution < -0.4 is 9.47 Å². The van der Waals surface area contributed by atoms with Gasteiger partial charge in [0.15, 0.2) is 0 Å². The summed E-state index contributed by atoms with van der Waals surface area (Å²) in [5, 5.41) is 0. The summed E-state index contributed by atoms with van der Waals surface area (Å²) in [5.41, 5.74) is 3.29. The maximum Gasteiger partial charge on any atom is 0.223 e. The van der Waals surface area contributed by atoms with E-state index in [1.807, 2.05) is 23.1 Å². The number of carbonyl (C=O) groups excluding carboxylic acids is 1. The lowest BCUT2D eigenvalue weighted by Crippen LogP contribution is -2.36. The van der Waals surface area contributed by atoms with E-state index in [4.69, 9.17) is 14.5 Å². The highest BCUT2D eigenvalue weighted by molar-refractivity contribution is 5.76. The van der Waals surface area contributed by atoms with Crippen LogP contribution in [0.15, 0.2) is 18.2 Å². The van der Waals surface area contributed by atoms with Crippen molar-refractivity contribution in [1.82, 2.24) is 14.5 Å². The number of imidazole rings is 1. The van der Waals surface area contributed by atoms with Gasteiger partial charge < -0.3 is 18.9 Å². The number of ether oxygens (including phenoxy) is 2. The summed E-state index contributed by atoms with van der Waals surface area (Å²) in [6.45, 7) is 5.65. The van der Waals surface area contributed by atoms with Crippen LogP contribution in [0.25, 0.3) is 0 Å². The lowest BCUT2D eigenvalue weighted by atomic mass is 10.1. The Hall–Kier alpha value is -2.50. The van der Waals surface area contributed by atoms with Gasteiger partial charge in [-0.3, -0.25) is 4.79 Å². The van der Waals surface area contributed by atoms with Crippen molar-refractivity contribution in [3.8, 4) is 11.5 Å². The average Bonchev–Trinajstić information content (AvgIpc) is 3.02. The van der Waals surface area contributed by atoms with Crippen molar-refractivity contribution in [3.63, 3.8) is 0 Å². The summed E-state index contributed by atoms with van der Waals surface area (Å²) < 4.78 is 12.9. The molecule has 0 atom stereocenters. The van der Waals surface area contributed by atoms with E-state index in [9.17, 15) is 4.79 Å². The molecule has 6 nitrogen and oxygen atoms in total. The number of methoxy groups -OCH3 is 2. The molecule has 1 aliphatic heterocycles. The fraction of sp³-hybridized carbons (Fsp3) is 0.524. The van der Waals surface area contributed by atoms with Gasteiger partial charge in [-0.05, 0) is 30.2 Å². The standard InChI is InChI=1S/C21H29N3O3/c1-14(2)21-22-17-13-24(11-10-18(17)23(21)3)20(25)9-6-15-12-16(26-4)7-8-19(15)27-5/h7-8,12,14H,6,9-11,13H2,1-5H3. The van der Waals surface area contributed by atoms with E-state index in [0.717, 1.165) is 41.5 Å². The number of amides is 1. The molecule has 0 radical (unpaired) electrons. The van der Waals surface area contributed by atoms with E-state index < -0.39 is 0 Å². The number of hydrogen-bond donors (Lipinski definition) is 0. The SMILES string of the molecule is COc1ccc(OC)c(CCC(=O)N2CCc3c(nc(C(C)C)n3C)C2)c1. The number of carbonyl (C=O) groups is 1. The number of aryl methyl sites for hydroxylation is 1. The Morgan fingerprint density at radius 1 is 1.26 bits per heavy atom. The molecule has 27 heavy (non-hydrogen) atoms. The van der Waals surface area contributed by atoms with Crippen molar-refractivity contribution >= 4 is 5.91 Å². The van der Waals surface area contributed by atoms with Gasteiger partial charge in [0.2, 0.25) is 5.91 Å². The zero-order chi connectivity index (χ0) is 19.6. The van der Waals surface area contributed by atoms with Gasteiger partial charge in [-0.15, -0.1) is 0 Å². The summed E-state index contributed by atoms with van der Waals surface area (Å²) in [6, 6.07) is 5.69. The van der Waals surface area contributed by atoms with Gasteiger partial charge in [-0.1, -0.05) is 13.8 Å². The molecule has 1 aliphatic rings. The Labute approximate surface area is 161 Å². The fourth-order valence-electron chi connectivity index (χ4n) is 3.76. The van der Waals surface area contributed by atoms with Crippen LogP contribution in [0, 0.1) is 0 Å². The molecule has 0 N–H and O–H groups in total. The lowest BCUT2D eigenvalue weighted by Gasteiger charge is -2.27. The Bertz CT molecular complexity index is 826. The van der Waals surface area contributed by atoms with Crippen molar-refractivity contribution in [2.75, 3.05) is 20.8 Å². The van der Waals surface area contributed by atoms with Crippen LogP contribution in [0.4, 0.5) is 0 Å². The maximum absolute atomic E-state index is 12.8. The lowest BCUT2D eigenvalue weighted by molar-refractivity contribution is -0.132. The first-order chi connectivity index (χ1) is 12.9. The molecule has 0 saturated carbocycles. The Morgan fingerprint density at radius 2 is 2.04 bits per heavy atom. The maximum atomic E-state index is 12.8. The molecule has 0 aliphatic carbocycles. The van der Waals surface area contributed by atoms with Crippen LogP contribution in [0.3, 0.4) is 0 Å². The monoisotopic (exact) mass is 371 g/mol. The Kier molecular flexibility index (Phi) is 5.73. The van der Waals surface area contributed by atoms with Gasteiger partial charge in [0, 0.05) is 38.0 Å². The van der Waals surface area contributed by atoms with E-state index in [1.165, 1.54) is 5.69 Å². The zero-order valence-corrected chi connectivity index (χ0v) is 16.9. The molecule has 1 aromatic heterocycles. The third-order valence-electron chi connectivity index (χ3n) is 5.26. The van der Waals surface area contributed by atoms with E-state index in [0.29, 0.717) is 25.3 Å². The largest absolute Gasteiger partial charge is 0.497 e. The van der Waals surface area contributed by atoms with Gasteiger partial charge in [-0.25, -0.2) is 4.98 Å². The molecule has 1 amide bonds. The molecule has 6 heteroatoms. The number of rotatable bonds is 6. The number of fused-ring (bicyclic) bond motifs is 1. The second kappa shape index (κ2) is 8.03. The van der Waals surface area contributed by atoms with Crippen molar-refractivity contribution in [2.24, 2.45) is 7.05 Å². The highest BCUT2D eigenvalue weighted by Crippen LogP contribution is 2.27. The number of aromatic nitrogens is 2. The van der Waals surface area contributed by atoms with Crippen LogP contribution in [-0.2, 0) is 31.2 Å². The second-order valence-corrected chi connectivity index (χ2v) is 7.32. The third-order valence-corrected chi connectivity index (χ3v) is 5.26. The number of nitrogens with zero attached hydrogens (tertiary/aromatic N) is 3. The molecule has 2 aromatic rings. The van der Waals surface area contributed by atoms with Crippen LogP contribution >= 0.6 is 0 Å². The first-order valence-corrected chi connectivity index (χ1v) is 9.47.